The van der Waals surface area contributed by atoms with Crippen molar-refractivity contribution in [3.63, 3.8) is 0 Å². The molecule has 0 fully saturated rings. The molecule has 0 spiro atoms. The molecule has 0 saturated carbocycles. The van der Waals surface area contributed by atoms with Gasteiger partial charge in [0, 0.05) is 43.6 Å². The van der Waals surface area contributed by atoms with Gasteiger partial charge in [-0.05, 0) is 25.7 Å². The molecule has 5 rings (SSSR count). The number of carbonyl (C=O) groups excluding carboxylic acids is 1. The number of hydrogen-bond donors (Lipinski definition) is 1. The number of benzene rings is 3. The van der Waals surface area contributed by atoms with Crippen LogP contribution >= 0.6 is 0 Å². The Balaban J connectivity index is 0.000000233. The topological polar surface area (TPSA) is 76.2 Å². The molecule has 5 aromatic rings. The van der Waals surface area contributed by atoms with Crippen molar-refractivity contribution in [2.24, 2.45) is 11.8 Å². The minimum Gasteiger partial charge on any atom is -0.512 e. The molecule has 0 unspecified atom stereocenters. The quantitative estimate of drug-likeness (QED) is 0.0995. The smallest absolute Gasteiger partial charge is 0.162 e. The van der Waals surface area contributed by atoms with Crippen LogP contribution in [0.25, 0.3) is 44.1 Å². The van der Waals surface area contributed by atoms with Gasteiger partial charge in [0.15, 0.2) is 5.78 Å². The largest absolute Gasteiger partial charge is 0.512 e. The summed E-state index contributed by atoms with van der Waals surface area (Å²) in [6, 6.07) is 23.6. The number of aliphatic hydroxyl groups excluding tert-OH is 1. The van der Waals surface area contributed by atoms with Crippen molar-refractivity contribution in [2.75, 3.05) is 0 Å². The van der Waals surface area contributed by atoms with Gasteiger partial charge in [-0.1, -0.05) is 93.1 Å². The van der Waals surface area contributed by atoms with E-state index in [0.29, 0.717) is 5.58 Å². The van der Waals surface area contributed by atoms with Gasteiger partial charge in [0.2, 0.25) is 0 Å². The molecule has 0 atom stereocenters. The molecule has 0 amide bonds. The van der Waals surface area contributed by atoms with Crippen LogP contribution in [0.15, 0.2) is 83.2 Å². The van der Waals surface area contributed by atoms with E-state index in [0.717, 1.165) is 64.2 Å². The molecule has 0 aliphatic carbocycles. The summed E-state index contributed by atoms with van der Waals surface area (Å²) in [5, 5.41) is 12.8. The van der Waals surface area contributed by atoms with Crippen molar-refractivity contribution in [3.05, 3.63) is 84.9 Å². The van der Waals surface area contributed by atoms with E-state index in [-0.39, 0.29) is 43.5 Å². The Hall–Kier alpha value is -3.34. The maximum Gasteiger partial charge on any atom is 0.162 e. The number of furan rings is 1. The number of ketones is 1. The molecule has 1 N–H and O–H groups in total. The SMILES string of the molecule is CCC(CC)C(=O)/C=C(\O)C(CC)CC.[Ir].[c-]1c2ccccc2cc2oc3c(-c4ccccc4)ncnc3c12. The predicted octanol–water partition coefficient (Wildman–Crippen LogP) is 8.86. The first-order chi connectivity index (χ1) is 18.5. The Labute approximate surface area is 243 Å². The fraction of sp³-hybridized carbons (Fsp3) is 0.303. The molecule has 205 valence electrons. The van der Waals surface area contributed by atoms with Gasteiger partial charge in [-0.25, -0.2) is 4.98 Å². The number of rotatable bonds is 8. The normalized spacial score (nSPS) is 11.6. The Bertz CT molecular complexity index is 1550. The van der Waals surface area contributed by atoms with Gasteiger partial charge in [-0.2, -0.15) is 0 Å². The van der Waals surface area contributed by atoms with E-state index in [1.165, 1.54) is 6.08 Å². The van der Waals surface area contributed by atoms with Gasteiger partial charge < -0.3 is 9.52 Å². The second-order valence-corrected chi connectivity index (χ2v) is 9.46. The molecule has 5 nitrogen and oxygen atoms in total. The van der Waals surface area contributed by atoms with E-state index in [1.54, 1.807) is 6.33 Å². The average molecular weight is 700 g/mol. The Morgan fingerprint density at radius 2 is 1.56 bits per heavy atom. The Kier molecular flexibility index (Phi) is 11.0. The minimum absolute atomic E-state index is 0. The molecule has 0 aliphatic rings. The van der Waals surface area contributed by atoms with Crippen LogP contribution in [0.4, 0.5) is 0 Å². The first kappa shape index (κ1) is 30.2. The van der Waals surface area contributed by atoms with Crippen LogP contribution < -0.4 is 0 Å². The fourth-order valence-electron chi connectivity index (χ4n) is 4.74. The van der Waals surface area contributed by atoms with Crippen LogP contribution in [0.1, 0.15) is 53.4 Å². The molecule has 3 aromatic carbocycles. The Morgan fingerprint density at radius 3 is 2.23 bits per heavy atom. The van der Waals surface area contributed by atoms with E-state index in [9.17, 15) is 9.90 Å². The third kappa shape index (κ3) is 6.81. The fourth-order valence-corrected chi connectivity index (χ4v) is 4.74. The third-order valence-electron chi connectivity index (χ3n) is 7.14. The van der Waals surface area contributed by atoms with Crippen molar-refractivity contribution < 1.29 is 34.4 Å². The van der Waals surface area contributed by atoms with Crippen LogP contribution in [-0.2, 0) is 24.9 Å². The summed E-state index contributed by atoms with van der Waals surface area (Å²) < 4.78 is 6.09. The minimum atomic E-state index is 0. The maximum absolute atomic E-state index is 11.7. The second-order valence-electron chi connectivity index (χ2n) is 9.46. The van der Waals surface area contributed by atoms with Gasteiger partial charge >= 0.3 is 0 Å². The number of nitrogens with zero attached hydrogens (tertiary/aromatic N) is 2. The third-order valence-corrected chi connectivity index (χ3v) is 7.14. The summed E-state index contributed by atoms with van der Waals surface area (Å²) in [5.41, 5.74) is 4.13. The molecule has 2 aromatic heterocycles. The van der Waals surface area contributed by atoms with Gasteiger partial charge in [-0.3, -0.25) is 9.78 Å². The van der Waals surface area contributed by atoms with Crippen LogP contribution in [0, 0.1) is 17.9 Å². The van der Waals surface area contributed by atoms with E-state index < -0.39 is 0 Å². The summed E-state index contributed by atoms with van der Waals surface area (Å²) >= 11 is 0. The second kappa shape index (κ2) is 14.2. The van der Waals surface area contributed by atoms with E-state index >= 15 is 0 Å². The van der Waals surface area contributed by atoms with Crippen molar-refractivity contribution in [2.45, 2.75) is 53.4 Å². The van der Waals surface area contributed by atoms with Gasteiger partial charge in [-0.15, -0.1) is 17.5 Å². The molecule has 39 heavy (non-hydrogen) atoms. The van der Waals surface area contributed by atoms with Crippen molar-refractivity contribution in [1.29, 1.82) is 0 Å². The molecular weight excluding hydrogens is 665 g/mol. The maximum atomic E-state index is 11.7. The summed E-state index contributed by atoms with van der Waals surface area (Å²) in [7, 11) is 0. The van der Waals surface area contributed by atoms with Crippen LogP contribution in [0.3, 0.4) is 0 Å². The number of carbonyl (C=O) groups is 1. The zero-order valence-corrected chi connectivity index (χ0v) is 25.3. The molecule has 0 aliphatic heterocycles. The predicted molar refractivity (Wildman–Crippen MR) is 155 cm³/mol. The average Bonchev–Trinajstić information content (AvgIpc) is 3.31. The number of fused-ring (bicyclic) bond motifs is 4. The molecular formula is C33H35IrN2O3-. The van der Waals surface area contributed by atoms with Crippen molar-refractivity contribution in [1.82, 2.24) is 9.97 Å². The zero-order valence-electron chi connectivity index (χ0n) is 22.9. The van der Waals surface area contributed by atoms with Gasteiger partial charge in [0.1, 0.15) is 17.6 Å². The summed E-state index contributed by atoms with van der Waals surface area (Å²) in [4.78, 5) is 20.6. The molecule has 0 saturated heterocycles. The summed E-state index contributed by atoms with van der Waals surface area (Å²) in [6.07, 6.45) is 6.49. The van der Waals surface area contributed by atoms with Crippen molar-refractivity contribution in [3.8, 4) is 11.3 Å². The van der Waals surface area contributed by atoms with Crippen molar-refractivity contribution >= 4 is 38.6 Å². The monoisotopic (exact) mass is 700 g/mol. The molecule has 0 bridgehead atoms. The summed E-state index contributed by atoms with van der Waals surface area (Å²) in [5.74, 6) is 0.547. The summed E-state index contributed by atoms with van der Waals surface area (Å²) in [6.45, 7) is 8.07. The number of aliphatic hydroxyl groups is 1. The molecule has 6 heteroatoms. The van der Waals surface area contributed by atoms with Crippen LogP contribution in [0.5, 0.6) is 0 Å². The molecule has 1 radical (unpaired) electrons. The van der Waals surface area contributed by atoms with E-state index in [4.69, 9.17) is 4.42 Å². The number of aromatic nitrogens is 2. The van der Waals surface area contributed by atoms with E-state index in [1.807, 2.05) is 82.3 Å². The van der Waals surface area contributed by atoms with Gasteiger partial charge in [0.05, 0.1) is 16.9 Å². The van der Waals surface area contributed by atoms with Crippen LogP contribution in [-0.4, -0.2) is 20.9 Å². The Morgan fingerprint density at radius 1 is 0.923 bits per heavy atom. The van der Waals surface area contributed by atoms with E-state index in [2.05, 4.69) is 22.1 Å². The number of hydrogen-bond acceptors (Lipinski definition) is 5. The standard InChI is InChI=1S/C20H11N2O.C13H24O2.Ir/c1-2-6-13(7-3-1)18-20-19(22-12-21-18)16-10-14-8-4-5-9-15(14)11-17(16)23-20;1-5-10(6-2)12(14)9-13(15)11(7-3)8-4;/h1-9,11-12H;9-11,14H,5-8H2,1-4H3;/q-1;;/b;12-9-;. The first-order valence-electron chi connectivity index (χ1n) is 13.5. The molecule has 2 heterocycles. The zero-order chi connectivity index (χ0) is 27.1. The van der Waals surface area contributed by atoms with Crippen LogP contribution in [0.2, 0.25) is 0 Å². The number of allylic oxidation sites excluding steroid dienone is 2. The van der Waals surface area contributed by atoms with Gasteiger partial charge in [0.25, 0.3) is 0 Å². The first-order valence-corrected chi connectivity index (χ1v) is 13.5.